The summed E-state index contributed by atoms with van der Waals surface area (Å²) in [5.74, 6) is -2.34. The zero-order chi connectivity index (χ0) is 22.8. The van der Waals surface area contributed by atoms with E-state index in [4.69, 9.17) is 16.3 Å². The number of aryl methyl sites for hydroxylation is 2. The summed E-state index contributed by atoms with van der Waals surface area (Å²) in [6.45, 7) is 4.69. The number of allylic oxidation sites excluding steroid dienone is 2. The standard InChI is InChI=1S/C24H23ClF4O2/c1-14-11-16(4-3-15(2)30)12-22(26)23(14)31-13-20-19(9-10-21(20)24(27,28)29)17-5-7-18(25)8-6-17/h5-8,11-12,21,30H,2-4,9-10,13H2,1H3. The van der Waals surface area contributed by atoms with Crippen molar-refractivity contribution in [3.05, 3.63) is 81.8 Å². The number of ether oxygens (including phenoxy) is 1. The predicted octanol–water partition coefficient (Wildman–Crippen LogP) is 7.60. The van der Waals surface area contributed by atoms with Crippen LogP contribution in [0.3, 0.4) is 0 Å². The van der Waals surface area contributed by atoms with E-state index < -0.39 is 17.9 Å². The maximum atomic E-state index is 14.6. The van der Waals surface area contributed by atoms with Crippen molar-refractivity contribution in [2.45, 2.75) is 38.8 Å². The summed E-state index contributed by atoms with van der Waals surface area (Å²) in [5.41, 5.74) is 2.47. The van der Waals surface area contributed by atoms with Crippen LogP contribution < -0.4 is 4.74 Å². The molecular weight excluding hydrogens is 432 g/mol. The zero-order valence-electron chi connectivity index (χ0n) is 17.0. The molecule has 0 bridgehead atoms. The average molecular weight is 455 g/mol. The maximum absolute atomic E-state index is 14.6. The third-order valence-corrected chi connectivity index (χ3v) is 5.69. The molecule has 1 aliphatic rings. The Morgan fingerprint density at radius 3 is 2.48 bits per heavy atom. The van der Waals surface area contributed by atoms with Gasteiger partial charge in [0, 0.05) is 11.4 Å². The van der Waals surface area contributed by atoms with E-state index in [1.54, 1.807) is 37.3 Å². The molecule has 2 aromatic rings. The van der Waals surface area contributed by atoms with Gasteiger partial charge in [-0.15, -0.1) is 0 Å². The third-order valence-electron chi connectivity index (χ3n) is 5.44. The van der Waals surface area contributed by atoms with Crippen LogP contribution in [0.15, 0.2) is 54.3 Å². The second-order valence-corrected chi connectivity index (χ2v) is 8.16. The van der Waals surface area contributed by atoms with E-state index in [1.807, 2.05) is 0 Å². The summed E-state index contributed by atoms with van der Waals surface area (Å²) in [7, 11) is 0. The lowest BCUT2D eigenvalue weighted by atomic mass is 9.98. The molecule has 1 N–H and O–H groups in total. The molecule has 1 unspecified atom stereocenters. The van der Waals surface area contributed by atoms with Gasteiger partial charge in [0.2, 0.25) is 0 Å². The van der Waals surface area contributed by atoms with Crippen LogP contribution in [-0.4, -0.2) is 17.9 Å². The summed E-state index contributed by atoms with van der Waals surface area (Å²) in [6, 6.07) is 9.61. The number of aliphatic hydroxyl groups excluding tert-OH is 1. The van der Waals surface area contributed by atoms with Gasteiger partial charge in [0.25, 0.3) is 0 Å². The van der Waals surface area contributed by atoms with Crippen LogP contribution in [-0.2, 0) is 6.42 Å². The van der Waals surface area contributed by atoms with E-state index in [1.165, 1.54) is 6.07 Å². The van der Waals surface area contributed by atoms with E-state index in [-0.39, 0.29) is 36.5 Å². The van der Waals surface area contributed by atoms with Crippen LogP contribution in [0.2, 0.25) is 5.02 Å². The van der Waals surface area contributed by atoms with E-state index in [9.17, 15) is 22.7 Å². The van der Waals surface area contributed by atoms with E-state index >= 15 is 0 Å². The first kappa shape index (κ1) is 23.2. The second-order valence-electron chi connectivity index (χ2n) is 7.72. The minimum absolute atomic E-state index is 0.000482. The fraction of sp³-hybridized carbons (Fsp3) is 0.333. The molecule has 0 aromatic heterocycles. The Bertz CT molecular complexity index is 971. The van der Waals surface area contributed by atoms with Crippen LogP contribution in [0.25, 0.3) is 5.57 Å². The number of benzene rings is 2. The summed E-state index contributed by atoms with van der Waals surface area (Å²) >= 11 is 5.90. The minimum Gasteiger partial charge on any atom is -0.513 e. The van der Waals surface area contributed by atoms with Gasteiger partial charge in [-0.1, -0.05) is 36.4 Å². The lowest BCUT2D eigenvalue weighted by molar-refractivity contribution is -0.164. The second kappa shape index (κ2) is 9.35. The van der Waals surface area contributed by atoms with Crippen molar-refractivity contribution < 1.29 is 27.4 Å². The number of halogens is 5. The fourth-order valence-corrected chi connectivity index (χ4v) is 4.06. The highest BCUT2D eigenvalue weighted by Crippen LogP contribution is 2.46. The van der Waals surface area contributed by atoms with Gasteiger partial charge in [0.15, 0.2) is 11.6 Å². The molecule has 0 fully saturated rings. The number of hydrogen-bond donors (Lipinski definition) is 1. The van der Waals surface area contributed by atoms with Crippen LogP contribution in [0.5, 0.6) is 5.75 Å². The SMILES string of the molecule is C=C(O)CCc1cc(C)c(OCC2=C(c3ccc(Cl)cc3)CCC2C(F)(F)F)c(F)c1. The van der Waals surface area contributed by atoms with Crippen molar-refractivity contribution in [3.63, 3.8) is 0 Å². The van der Waals surface area contributed by atoms with Gasteiger partial charge >= 0.3 is 6.18 Å². The Hall–Kier alpha value is -2.47. The Balaban J connectivity index is 1.88. The lowest BCUT2D eigenvalue weighted by Gasteiger charge is -2.20. The normalized spacial score (nSPS) is 16.6. The molecule has 0 heterocycles. The third kappa shape index (κ3) is 5.62. The summed E-state index contributed by atoms with van der Waals surface area (Å²) in [6.07, 6.45) is -3.52. The summed E-state index contributed by atoms with van der Waals surface area (Å²) < 4.78 is 61.2. The van der Waals surface area contributed by atoms with Gasteiger partial charge in [-0.05, 0) is 72.2 Å². The van der Waals surface area contributed by atoms with Crippen LogP contribution in [0, 0.1) is 18.7 Å². The van der Waals surface area contributed by atoms with Crippen LogP contribution in [0.1, 0.15) is 36.0 Å². The molecule has 7 heteroatoms. The van der Waals surface area contributed by atoms with Gasteiger partial charge in [0.1, 0.15) is 6.61 Å². The Labute approximate surface area is 183 Å². The first-order valence-corrected chi connectivity index (χ1v) is 10.3. The molecule has 0 spiro atoms. The summed E-state index contributed by atoms with van der Waals surface area (Å²) in [4.78, 5) is 0. The lowest BCUT2D eigenvalue weighted by Crippen LogP contribution is -2.25. The number of aliphatic hydroxyl groups is 1. The molecule has 0 saturated heterocycles. The largest absolute Gasteiger partial charge is 0.513 e. The van der Waals surface area contributed by atoms with Gasteiger partial charge in [0.05, 0.1) is 11.7 Å². The topological polar surface area (TPSA) is 29.5 Å². The number of rotatable bonds is 7. The molecule has 166 valence electrons. The van der Waals surface area contributed by atoms with Crippen molar-refractivity contribution in [1.82, 2.24) is 0 Å². The molecule has 0 aliphatic heterocycles. The average Bonchev–Trinajstić information content (AvgIpc) is 3.10. The molecule has 0 amide bonds. The van der Waals surface area contributed by atoms with Gasteiger partial charge in [-0.2, -0.15) is 13.2 Å². The highest BCUT2D eigenvalue weighted by atomic mass is 35.5. The van der Waals surface area contributed by atoms with Crippen molar-refractivity contribution in [1.29, 1.82) is 0 Å². The molecule has 2 nitrogen and oxygen atoms in total. The number of alkyl halides is 3. The van der Waals surface area contributed by atoms with Gasteiger partial charge < -0.3 is 9.84 Å². The molecule has 1 aliphatic carbocycles. The first-order valence-electron chi connectivity index (χ1n) is 9.89. The smallest absolute Gasteiger partial charge is 0.395 e. The summed E-state index contributed by atoms with van der Waals surface area (Å²) in [5, 5.41) is 9.72. The van der Waals surface area contributed by atoms with E-state index in [0.717, 1.165) is 0 Å². The van der Waals surface area contributed by atoms with Crippen LogP contribution >= 0.6 is 11.6 Å². The molecule has 2 aromatic carbocycles. The molecule has 3 rings (SSSR count). The minimum atomic E-state index is -4.41. The van der Waals surface area contributed by atoms with Crippen molar-refractivity contribution in [3.8, 4) is 5.75 Å². The molecular formula is C24H23ClF4O2. The quantitative estimate of drug-likeness (QED) is 0.345. The highest BCUT2D eigenvalue weighted by Gasteiger charge is 2.45. The van der Waals surface area contributed by atoms with Crippen LogP contribution in [0.4, 0.5) is 17.6 Å². The first-order chi connectivity index (χ1) is 14.6. The van der Waals surface area contributed by atoms with E-state index in [0.29, 0.717) is 40.1 Å². The molecule has 0 saturated carbocycles. The monoisotopic (exact) mass is 454 g/mol. The van der Waals surface area contributed by atoms with Gasteiger partial charge in [-0.25, -0.2) is 4.39 Å². The highest BCUT2D eigenvalue weighted by molar-refractivity contribution is 6.30. The Morgan fingerprint density at radius 1 is 1.23 bits per heavy atom. The number of hydrogen-bond acceptors (Lipinski definition) is 2. The maximum Gasteiger partial charge on any atom is 0.395 e. The fourth-order valence-electron chi connectivity index (χ4n) is 3.93. The zero-order valence-corrected chi connectivity index (χ0v) is 17.8. The van der Waals surface area contributed by atoms with E-state index in [2.05, 4.69) is 6.58 Å². The Morgan fingerprint density at radius 2 is 1.90 bits per heavy atom. The van der Waals surface area contributed by atoms with Crippen molar-refractivity contribution in [2.24, 2.45) is 5.92 Å². The Kier molecular flexibility index (Phi) is 6.99. The molecule has 1 atom stereocenters. The van der Waals surface area contributed by atoms with Crippen molar-refractivity contribution >= 4 is 17.2 Å². The van der Waals surface area contributed by atoms with Gasteiger partial charge in [-0.3, -0.25) is 0 Å². The molecule has 0 radical (unpaired) electrons. The molecule has 31 heavy (non-hydrogen) atoms. The van der Waals surface area contributed by atoms with Crippen molar-refractivity contribution in [2.75, 3.05) is 6.61 Å². The predicted molar refractivity (Wildman–Crippen MR) is 114 cm³/mol.